The van der Waals surface area contributed by atoms with E-state index in [-0.39, 0.29) is 0 Å². The van der Waals surface area contributed by atoms with Gasteiger partial charge in [0, 0.05) is 47.0 Å². The van der Waals surface area contributed by atoms with Crippen LogP contribution in [0, 0.1) is 0 Å². The van der Waals surface area contributed by atoms with Crippen LogP contribution in [0.1, 0.15) is 0 Å². The molecule has 0 amide bonds. The van der Waals surface area contributed by atoms with Gasteiger partial charge in [-0.05, 0) is 113 Å². The Kier molecular flexibility index (Phi) is 8.41. The summed E-state index contributed by atoms with van der Waals surface area (Å²) in [5.74, 6) is 0. The first-order chi connectivity index (χ1) is 32.7. The van der Waals surface area contributed by atoms with Gasteiger partial charge in [-0.2, -0.15) is 0 Å². The molecule has 0 radical (unpaired) electrons. The largest absolute Gasteiger partial charge is 0.309 e. The van der Waals surface area contributed by atoms with Gasteiger partial charge in [0.05, 0.1) is 10.4 Å². The molecule has 0 aliphatic carbocycles. The smallest absolute Gasteiger partial charge is 0.180 e. The van der Waals surface area contributed by atoms with Crippen molar-refractivity contribution < 1.29 is 0 Å². The highest BCUT2D eigenvalue weighted by atomic mass is 32.1. The van der Waals surface area contributed by atoms with Crippen LogP contribution in [0.3, 0.4) is 0 Å². The minimum atomic E-state index is -2.65. The zero-order valence-electron chi connectivity index (χ0n) is 35.8. The van der Waals surface area contributed by atoms with Crippen LogP contribution in [-0.4, -0.2) is 8.07 Å². The molecule has 0 unspecified atom stereocenters. The predicted molar refractivity (Wildman–Crippen MR) is 290 cm³/mol. The SMILES string of the molecule is c1ccc([Si]2(c3ccccc3)c3ccccc3-c3c2ccc2sc4cccc(-c5ccc(N(c6ccc7c(ccc8ccccc87)c6)c6cccc7c6sc6ccccc67)cc5)c4c32)cc1. The fraction of sp³-hybridized carbons (Fsp3) is 0. The van der Waals surface area contributed by atoms with Crippen molar-refractivity contribution in [1.82, 2.24) is 0 Å². The Labute approximate surface area is 391 Å². The third-order valence-corrected chi connectivity index (χ3v) is 21.3. The van der Waals surface area contributed by atoms with Crippen LogP contribution in [0.25, 0.3) is 84.1 Å². The molecule has 66 heavy (non-hydrogen) atoms. The predicted octanol–water partition coefficient (Wildman–Crippen LogP) is 15.2. The summed E-state index contributed by atoms with van der Waals surface area (Å²) in [7, 11) is -2.65. The number of anilines is 3. The van der Waals surface area contributed by atoms with Crippen molar-refractivity contribution in [3.63, 3.8) is 0 Å². The van der Waals surface area contributed by atoms with Crippen molar-refractivity contribution in [2.45, 2.75) is 0 Å². The van der Waals surface area contributed by atoms with Crippen molar-refractivity contribution in [3.05, 3.63) is 237 Å². The van der Waals surface area contributed by atoms with Crippen LogP contribution in [0.2, 0.25) is 0 Å². The minimum absolute atomic E-state index is 1.13. The third kappa shape index (κ3) is 5.44. The van der Waals surface area contributed by atoms with Gasteiger partial charge in [0.1, 0.15) is 0 Å². The summed E-state index contributed by atoms with van der Waals surface area (Å²) in [6, 6.07) is 89.0. The molecule has 1 aliphatic rings. The van der Waals surface area contributed by atoms with Crippen LogP contribution in [0.4, 0.5) is 17.1 Å². The highest BCUT2D eigenvalue weighted by Gasteiger charge is 2.49. The maximum Gasteiger partial charge on any atom is 0.180 e. The van der Waals surface area contributed by atoms with Gasteiger partial charge in [-0.3, -0.25) is 0 Å². The first-order valence-electron chi connectivity index (χ1n) is 22.7. The number of benzene rings is 11. The fourth-order valence-corrected chi connectivity index (χ4v) is 18.9. The van der Waals surface area contributed by atoms with Crippen molar-refractivity contribution in [3.8, 4) is 22.3 Å². The highest BCUT2D eigenvalue weighted by Crippen LogP contribution is 2.48. The maximum absolute atomic E-state index is 2.65. The van der Waals surface area contributed by atoms with Crippen molar-refractivity contribution in [2.75, 3.05) is 4.90 Å². The third-order valence-electron chi connectivity index (χ3n) is 14.1. The topological polar surface area (TPSA) is 3.24 Å². The molecule has 1 aliphatic heterocycles. The molecule has 3 heterocycles. The molecule has 2 aromatic heterocycles. The number of nitrogens with zero attached hydrogens (tertiary/aromatic N) is 1. The Bertz CT molecular complexity index is 4020. The van der Waals surface area contributed by atoms with E-state index in [1.807, 2.05) is 22.7 Å². The number of rotatable bonds is 6. The Morgan fingerprint density at radius 1 is 0.348 bits per heavy atom. The number of fused-ring (bicyclic) bond motifs is 13. The molecule has 0 fully saturated rings. The summed E-state index contributed by atoms with van der Waals surface area (Å²) in [6.45, 7) is 0. The molecular formula is C62H39NS2Si. The minimum Gasteiger partial charge on any atom is -0.309 e. The summed E-state index contributed by atoms with van der Waals surface area (Å²) in [5, 5.41) is 16.2. The van der Waals surface area contributed by atoms with E-state index >= 15 is 0 Å². The van der Waals surface area contributed by atoms with Crippen LogP contribution < -0.4 is 25.6 Å². The molecule has 0 saturated heterocycles. The van der Waals surface area contributed by atoms with E-state index < -0.39 is 8.07 Å². The molecule has 1 nitrogen and oxygen atoms in total. The van der Waals surface area contributed by atoms with Crippen molar-refractivity contribution in [2.24, 2.45) is 0 Å². The Morgan fingerprint density at radius 2 is 0.970 bits per heavy atom. The van der Waals surface area contributed by atoms with E-state index in [9.17, 15) is 0 Å². The van der Waals surface area contributed by atoms with E-state index in [1.165, 1.54) is 111 Å². The summed E-state index contributed by atoms with van der Waals surface area (Å²) in [6.07, 6.45) is 0. The van der Waals surface area contributed by atoms with Crippen LogP contribution >= 0.6 is 22.7 Å². The van der Waals surface area contributed by atoms with Crippen LogP contribution in [-0.2, 0) is 0 Å². The fourth-order valence-electron chi connectivity index (χ4n) is 11.3. The van der Waals surface area contributed by atoms with Crippen LogP contribution in [0.15, 0.2) is 237 Å². The maximum atomic E-state index is 2.48. The second-order valence-electron chi connectivity index (χ2n) is 17.5. The van der Waals surface area contributed by atoms with Gasteiger partial charge >= 0.3 is 0 Å². The van der Waals surface area contributed by atoms with E-state index in [0.29, 0.717) is 0 Å². The monoisotopic (exact) mass is 889 g/mol. The molecule has 13 aromatic rings. The summed E-state index contributed by atoms with van der Waals surface area (Å²) in [4.78, 5) is 2.47. The Morgan fingerprint density at radius 3 is 1.80 bits per heavy atom. The molecule has 0 saturated carbocycles. The molecule has 4 heteroatoms. The van der Waals surface area contributed by atoms with E-state index in [1.54, 1.807) is 0 Å². The molecule has 11 aromatic carbocycles. The van der Waals surface area contributed by atoms with Crippen molar-refractivity contribution in [1.29, 1.82) is 0 Å². The Hall–Kier alpha value is -7.60. The second kappa shape index (κ2) is 14.7. The first kappa shape index (κ1) is 37.7. The molecule has 0 N–H and O–H groups in total. The standard InChI is InChI=1S/C62H39NS2Si/c1-3-16-45(17-4-1)66(46-18-5-2-6-19-46)57-28-12-10-22-52(57)60-58(66)38-37-56-61(60)59-49(23-14-27-55(59)64-56)41-31-33-43(34-32-41)63(53-25-13-24-51-50-21-9-11-26-54(50)65-62(51)53)44-35-36-48-42(39-44)30-29-40-15-7-8-20-47(40)48/h1-39H. The Balaban J connectivity index is 0.974. The zero-order chi connectivity index (χ0) is 43.3. The molecule has 0 spiro atoms. The van der Waals surface area contributed by atoms with Crippen molar-refractivity contribution >= 4 is 130 Å². The van der Waals surface area contributed by atoms with Gasteiger partial charge in [0.25, 0.3) is 0 Å². The highest BCUT2D eigenvalue weighted by molar-refractivity contribution is 7.27. The second-order valence-corrected chi connectivity index (χ2v) is 23.4. The number of hydrogen-bond donors (Lipinski definition) is 0. The first-order valence-corrected chi connectivity index (χ1v) is 26.3. The molecule has 308 valence electrons. The van der Waals surface area contributed by atoms with E-state index in [4.69, 9.17) is 0 Å². The van der Waals surface area contributed by atoms with Gasteiger partial charge < -0.3 is 4.90 Å². The van der Waals surface area contributed by atoms with Gasteiger partial charge in [0.2, 0.25) is 0 Å². The average molecular weight is 890 g/mol. The normalized spacial score (nSPS) is 13.0. The quantitative estimate of drug-likeness (QED) is 0.119. The van der Waals surface area contributed by atoms with Gasteiger partial charge in [0.15, 0.2) is 8.07 Å². The van der Waals surface area contributed by atoms with Gasteiger partial charge in [-0.1, -0.05) is 188 Å². The van der Waals surface area contributed by atoms with E-state index in [2.05, 4.69) is 241 Å². The summed E-state index contributed by atoms with van der Waals surface area (Å²) >= 11 is 3.80. The summed E-state index contributed by atoms with van der Waals surface area (Å²) in [5.41, 5.74) is 8.72. The molecule has 0 bridgehead atoms. The average Bonchev–Trinajstić information content (AvgIpc) is 4.06. The lowest BCUT2D eigenvalue weighted by Crippen LogP contribution is -2.72. The lowest BCUT2D eigenvalue weighted by Gasteiger charge is -2.31. The molecule has 0 atom stereocenters. The lowest BCUT2D eigenvalue weighted by molar-refractivity contribution is 1.31. The summed E-state index contributed by atoms with van der Waals surface area (Å²) < 4.78 is 5.24. The van der Waals surface area contributed by atoms with E-state index in [0.717, 1.165) is 11.4 Å². The molecular weight excluding hydrogens is 851 g/mol. The number of hydrogen-bond acceptors (Lipinski definition) is 3. The molecule has 14 rings (SSSR count). The lowest BCUT2D eigenvalue weighted by atomic mass is 9.94. The zero-order valence-corrected chi connectivity index (χ0v) is 38.4. The van der Waals surface area contributed by atoms with Crippen LogP contribution in [0.5, 0.6) is 0 Å². The number of thiophene rings is 2. The van der Waals surface area contributed by atoms with Gasteiger partial charge in [-0.25, -0.2) is 0 Å². The van der Waals surface area contributed by atoms with Gasteiger partial charge in [-0.15, -0.1) is 22.7 Å².